The van der Waals surface area contributed by atoms with E-state index in [1.807, 2.05) is 0 Å². The van der Waals surface area contributed by atoms with Gasteiger partial charge >= 0.3 is 0 Å². The molecule has 1 atom stereocenters. The van der Waals surface area contributed by atoms with Gasteiger partial charge in [-0.15, -0.1) is 0 Å². The Hall–Kier alpha value is -1.16. The van der Waals surface area contributed by atoms with Crippen LogP contribution in [0.25, 0.3) is 0 Å². The van der Waals surface area contributed by atoms with Gasteiger partial charge in [0.1, 0.15) is 12.5 Å². The van der Waals surface area contributed by atoms with Crippen molar-refractivity contribution in [3.8, 4) is 0 Å². The summed E-state index contributed by atoms with van der Waals surface area (Å²) in [6.07, 6.45) is 7.44. The minimum absolute atomic E-state index is 0.351. The lowest BCUT2D eigenvalue weighted by molar-refractivity contribution is -0.107. The average Bonchev–Trinajstić information content (AvgIpc) is 2.70. The number of hydrogen-bond donors (Lipinski definition) is 0. The SMILES string of the molecule is CN1CCCCC1Cc1nc(CC=O)co1. The second kappa shape index (κ2) is 5.25. The van der Waals surface area contributed by atoms with Crippen molar-refractivity contribution in [1.29, 1.82) is 0 Å². The van der Waals surface area contributed by atoms with Gasteiger partial charge < -0.3 is 14.1 Å². The van der Waals surface area contributed by atoms with Gasteiger partial charge in [0.2, 0.25) is 0 Å². The van der Waals surface area contributed by atoms with Gasteiger partial charge in [-0.2, -0.15) is 0 Å². The normalized spacial score (nSPS) is 22.2. The van der Waals surface area contributed by atoms with Crippen LogP contribution in [0.5, 0.6) is 0 Å². The van der Waals surface area contributed by atoms with E-state index in [2.05, 4.69) is 16.9 Å². The number of piperidine rings is 1. The third kappa shape index (κ3) is 2.70. The third-order valence-corrected chi connectivity index (χ3v) is 3.22. The summed E-state index contributed by atoms with van der Waals surface area (Å²) in [5.41, 5.74) is 0.739. The maximum Gasteiger partial charge on any atom is 0.195 e. The molecular formula is C12H18N2O2. The lowest BCUT2D eigenvalue weighted by Gasteiger charge is -2.31. The lowest BCUT2D eigenvalue weighted by atomic mass is 10.0. The molecule has 88 valence electrons. The predicted octanol–water partition coefficient (Wildman–Crippen LogP) is 1.44. The number of oxazole rings is 1. The van der Waals surface area contributed by atoms with Crippen molar-refractivity contribution in [1.82, 2.24) is 9.88 Å². The molecule has 2 rings (SSSR count). The second-order valence-corrected chi connectivity index (χ2v) is 4.44. The Kier molecular flexibility index (Phi) is 3.72. The molecule has 1 aliphatic rings. The van der Waals surface area contributed by atoms with Crippen LogP contribution in [-0.2, 0) is 17.6 Å². The van der Waals surface area contributed by atoms with Crippen LogP contribution in [0.4, 0.5) is 0 Å². The highest BCUT2D eigenvalue weighted by molar-refractivity contribution is 5.53. The molecule has 0 saturated carbocycles. The van der Waals surface area contributed by atoms with Crippen LogP contribution in [0.1, 0.15) is 30.8 Å². The summed E-state index contributed by atoms with van der Waals surface area (Å²) in [4.78, 5) is 17.0. The molecule has 1 unspecified atom stereocenters. The maximum absolute atomic E-state index is 10.3. The summed E-state index contributed by atoms with van der Waals surface area (Å²) in [7, 11) is 2.15. The fourth-order valence-electron chi connectivity index (χ4n) is 2.23. The van der Waals surface area contributed by atoms with Crippen molar-refractivity contribution in [2.45, 2.75) is 38.1 Å². The smallest absolute Gasteiger partial charge is 0.195 e. The van der Waals surface area contributed by atoms with Crippen LogP contribution in [0.2, 0.25) is 0 Å². The number of hydrogen-bond acceptors (Lipinski definition) is 4. The van der Waals surface area contributed by atoms with E-state index in [0.717, 1.165) is 30.8 Å². The Bertz CT molecular complexity index is 349. The highest BCUT2D eigenvalue weighted by Crippen LogP contribution is 2.18. The van der Waals surface area contributed by atoms with Gasteiger partial charge in [-0.25, -0.2) is 4.98 Å². The Morgan fingerprint density at radius 2 is 2.50 bits per heavy atom. The standard InChI is InChI=1S/C12H18N2O2/c1-14-6-3-2-4-11(14)8-12-13-10(5-7-15)9-16-12/h7,9,11H,2-6,8H2,1H3. The predicted molar refractivity (Wildman–Crippen MR) is 60.2 cm³/mol. The molecule has 1 aromatic heterocycles. The van der Waals surface area contributed by atoms with Crippen LogP contribution >= 0.6 is 0 Å². The fraction of sp³-hybridized carbons (Fsp3) is 0.667. The maximum atomic E-state index is 10.3. The quantitative estimate of drug-likeness (QED) is 0.723. The number of carbonyl (C=O) groups is 1. The van der Waals surface area contributed by atoms with Crippen LogP contribution in [0.15, 0.2) is 10.7 Å². The van der Waals surface area contributed by atoms with Crippen molar-refractivity contribution in [3.63, 3.8) is 0 Å². The van der Waals surface area contributed by atoms with E-state index in [9.17, 15) is 4.79 Å². The largest absolute Gasteiger partial charge is 0.449 e. The van der Waals surface area contributed by atoms with E-state index in [-0.39, 0.29) is 0 Å². The van der Waals surface area contributed by atoms with Crippen LogP contribution in [0.3, 0.4) is 0 Å². The Morgan fingerprint density at radius 3 is 3.25 bits per heavy atom. The van der Waals surface area contributed by atoms with E-state index >= 15 is 0 Å². The lowest BCUT2D eigenvalue weighted by Crippen LogP contribution is -2.37. The first-order valence-electron chi connectivity index (χ1n) is 5.86. The molecule has 1 saturated heterocycles. The van der Waals surface area contributed by atoms with Crippen molar-refractivity contribution in [2.24, 2.45) is 0 Å². The summed E-state index contributed by atoms with van der Waals surface area (Å²) >= 11 is 0. The molecule has 1 aliphatic heterocycles. The molecule has 2 heterocycles. The van der Waals surface area contributed by atoms with E-state index in [0.29, 0.717) is 12.5 Å². The number of aromatic nitrogens is 1. The third-order valence-electron chi connectivity index (χ3n) is 3.22. The van der Waals surface area contributed by atoms with Crippen LogP contribution in [0, 0.1) is 0 Å². The minimum Gasteiger partial charge on any atom is -0.449 e. The molecule has 4 nitrogen and oxygen atoms in total. The van der Waals surface area contributed by atoms with Gasteiger partial charge in [0.15, 0.2) is 5.89 Å². The minimum atomic E-state index is 0.351. The molecule has 16 heavy (non-hydrogen) atoms. The van der Waals surface area contributed by atoms with E-state index in [1.165, 1.54) is 19.3 Å². The molecule has 4 heteroatoms. The zero-order valence-electron chi connectivity index (χ0n) is 9.69. The zero-order valence-corrected chi connectivity index (χ0v) is 9.69. The molecule has 0 radical (unpaired) electrons. The monoisotopic (exact) mass is 222 g/mol. The molecule has 1 fully saturated rings. The Labute approximate surface area is 95.6 Å². The van der Waals surface area contributed by atoms with Crippen molar-refractivity contribution in [3.05, 3.63) is 17.8 Å². The summed E-state index contributed by atoms with van der Waals surface area (Å²) in [5.74, 6) is 0.760. The van der Waals surface area contributed by atoms with Gasteiger partial charge in [-0.05, 0) is 26.4 Å². The van der Waals surface area contributed by atoms with Gasteiger partial charge in [-0.1, -0.05) is 6.42 Å². The average molecular weight is 222 g/mol. The summed E-state index contributed by atoms with van der Waals surface area (Å²) in [6.45, 7) is 1.16. The van der Waals surface area contributed by atoms with Crippen molar-refractivity contribution in [2.75, 3.05) is 13.6 Å². The van der Waals surface area contributed by atoms with Gasteiger partial charge in [0.25, 0.3) is 0 Å². The molecule has 0 aromatic carbocycles. The van der Waals surface area contributed by atoms with Gasteiger partial charge in [-0.3, -0.25) is 0 Å². The van der Waals surface area contributed by atoms with Gasteiger partial charge in [0.05, 0.1) is 5.69 Å². The first kappa shape index (κ1) is 11.3. The topological polar surface area (TPSA) is 46.3 Å². The summed E-state index contributed by atoms with van der Waals surface area (Å²) in [6, 6.07) is 0.538. The second-order valence-electron chi connectivity index (χ2n) is 4.44. The van der Waals surface area contributed by atoms with Gasteiger partial charge in [0, 0.05) is 18.9 Å². The molecular weight excluding hydrogens is 204 g/mol. The molecule has 1 aromatic rings. The van der Waals surface area contributed by atoms with Crippen LogP contribution in [-0.4, -0.2) is 35.8 Å². The fourth-order valence-corrected chi connectivity index (χ4v) is 2.23. The number of rotatable bonds is 4. The highest BCUT2D eigenvalue weighted by Gasteiger charge is 2.21. The molecule has 0 amide bonds. The highest BCUT2D eigenvalue weighted by atomic mass is 16.3. The number of likely N-dealkylation sites (tertiary alicyclic amines) is 1. The number of likely N-dealkylation sites (N-methyl/N-ethyl adjacent to an activating group) is 1. The molecule has 0 bridgehead atoms. The number of aldehydes is 1. The first-order valence-corrected chi connectivity index (χ1v) is 5.86. The van der Waals surface area contributed by atoms with Crippen molar-refractivity contribution >= 4 is 6.29 Å². The number of nitrogens with zero attached hydrogens (tertiary/aromatic N) is 2. The zero-order chi connectivity index (χ0) is 11.4. The molecule has 0 spiro atoms. The summed E-state index contributed by atoms with van der Waals surface area (Å²) in [5, 5.41) is 0. The van der Waals surface area contributed by atoms with E-state index in [4.69, 9.17) is 4.42 Å². The summed E-state index contributed by atoms with van der Waals surface area (Å²) < 4.78 is 5.37. The van der Waals surface area contributed by atoms with E-state index < -0.39 is 0 Å². The van der Waals surface area contributed by atoms with Crippen molar-refractivity contribution < 1.29 is 9.21 Å². The molecule has 0 aliphatic carbocycles. The first-order chi connectivity index (χ1) is 7.79. The molecule has 0 N–H and O–H groups in total. The van der Waals surface area contributed by atoms with Crippen LogP contribution < -0.4 is 0 Å². The Morgan fingerprint density at radius 1 is 1.62 bits per heavy atom. The van der Waals surface area contributed by atoms with E-state index in [1.54, 1.807) is 6.26 Å². The Balaban J connectivity index is 1.94. The number of carbonyl (C=O) groups excluding carboxylic acids is 1.